The van der Waals surface area contributed by atoms with E-state index in [1.54, 1.807) is 6.08 Å². The summed E-state index contributed by atoms with van der Waals surface area (Å²) in [6.07, 6.45) is 13.2. The Labute approximate surface area is 190 Å². The summed E-state index contributed by atoms with van der Waals surface area (Å²) >= 11 is 0. The zero-order chi connectivity index (χ0) is 22.1. The molecule has 6 nitrogen and oxygen atoms in total. The maximum Gasteiger partial charge on any atom is 0.267 e. The van der Waals surface area contributed by atoms with Crippen molar-refractivity contribution in [3.8, 4) is 5.75 Å². The van der Waals surface area contributed by atoms with Gasteiger partial charge in [0.2, 0.25) is 0 Å². The second-order valence-corrected chi connectivity index (χ2v) is 11.1. The number of carbonyl (C=O) groups is 1. The Bertz CT molecular complexity index is 1070. The average Bonchev–Trinajstić information content (AvgIpc) is 3.01. The van der Waals surface area contributed by atoms with Crippen molar-refractivity contribution in [1.82, 2.24) is 9.62 Å². The molecule has 2 aliphatic carbocycles. The van der Waals surface area contributed by atoms with Crippen LogP contribution in [0.15, 0.2) is 34.8 Å². The first-order chi connectivity index (χ1) is 15.6. The number of sulfonamides is 1. The van der Waals surface area contributed by atoms with Gasteiger partial charge in [-0.05, 0) is 93.5 Å². The minimum Gasteiger partial charge on any atom is -0.489 e. The van der Waals surface area contributed by atoms with Gasteiger partial charge in [-0.2, -0.15) is 0 Å². The molecule has 7 heteroatoms. The molecule has 0 radical (unpaired) electrons. The van der Waals surface area contributed by atoms with Gasteiger partial charge in [0.05, 0.1) is 4.91 Å². The summed E-state index contributed by atoms with van der Waals surface area (Å²) in [5, 5.41) is 3.47. The molecule has 0 aromatic heterocycles. The molecule has 0 saturated heterocycles. The number of hydrogen-bond acceptors (Lipinski definition) is 5. The molecule has 4 aliphatic rings. The summed E-state index contributed by atoms with van der Waals surface area (Å²) in [6.45, 7) is 1.84. The average molecular weight is 457 g/mol. The molecule has 1 amide bonds. The van der Waals surface area contributed by atoms with Gasteiger partial charge in [0.25, 0.3) is 15.9 Å². The minimum absolute atomic E-state index is 0.180. The topological polar surface area (TPSA) is 75.7 Å². The van der Waals surface area contributed by atoms with Crippen LogP contribution in [0.25, 0.3) is 0 Å². The standard InChI is InChI=1S/C25H32N2O4S/c28-25-22-9-3-4-10-23(22)32(29,30)27(25)16-6-5-15-26-17-20-14-13-19-12-11-18-7-1-2-8-21(18)24(19)31-20/h4,10-12,20,26H,1-3,5-9,13-17H2. The number of rotatable bonds is 7. The first kappa shape index (κ1) is 21.7. The van der Waals surface area contributed by atoms with Crippen LogP contribution >= 0.6 is 0 Å². The van der Waals surface area contributed by atoms with Gasteiger partial charge in [0.1, 0.15) is 11.9 Å². The monoisotopic (exact) mass is 456 g/mol. The number of allylic oxidation sites excluding steroid dienone is 2. The molecule has 0 spiro atoms. The van der Waals surface area contributed by atoms with Gasteiger partial charge >= 0.3 is 0 Å². The number of benzene rings is 1. The van der Waals surface area contributed by atoms with E-state index in [0.29, 0.717) is 18.4 Å². The highest BCUT2D eigenvalue weighted by Crippen LogP contribution is 2.37. The largest absolute Gasteiger partial charge is 0.489 e. The van der Waals surface area contributed by atoms with Gasteiger partial charge < -0.3 is 10.1 Å². The summed E-state index contributed by atoms with van der Waals surface area (Å²) in [5.74, 6) is 0.818. The van der Waals surface area contributed by atoms with Crippen LogP contribution in [0.4, 0.5) is 0 Å². The van der Waals surface area contributed by atoms with E-state index in [0.717, 1.165) is 55.2 Å². The third-order valence-electron chi connectivity index (χ3n) is 7.10. The number of hydrogen-bond donors (Lipinski definition) is 1. The molecule has 172 valence electrons. The maximum absolute atomic E-state index is 12.6. The normalized spacial score (nSPS) is 23.6. The number of amides is 1. The molecule has 2 heterocycles. The van der Waals surface area contributed by atoms with Crippen molar-refractivity contribution < 1.29 is 17.9 Å². The second kappa shape index (κ2) is 9.02. The molecule has 32 heavy (non-hydrogen) atoms. The van der Waals surface area contributed by atoms with Crippen LogP contribution in [0, 0.1) is 0 Å². The molecule has 1 atom stereocenters. The molecule has 2 aliphatic heterocycles. The lowest BCUT2D eigenvalue weighted by Crippen LogP contribution is -2.36. The van der Waals surface area contributed by atoms with E-state index in [-0.39, 0.29) is 23.5 Å². The molecular weight excluding hydrogens is 424 g/mol. The molecule has 1 unspecified atom stereocenters. The quantitative estimate of drug-likeness (QED) is 0.637. The third kappa shape index (κ3) is 4.01. The molecule has 1 N–H and O–H groups in total. The minimum atomic E-state index is -3.65. The van der Waals surface area contributed by atoms with Crippen molar-refractivity contribution in [2.45, 2.75) is 70.3 Å². The highest BCUT2D eigenvalue weighted by atomic mass is 32.2. The van der Waals surface area contributed by atoms with E-state index in [9.17, 15) is 13.2 Å². The maximum atomic E-state index is 12.6. The van der Waals surface area contributed by atoms with E-state index < -0.39 is 10.0 Å². The molecular formula is C25H32N2O4S. The van der Waals surface area contributed by atoms with Crippen molar-refractivity contribution in [2.75, 3.05) is 19.6 Å². The third-order valence-corrected chi connectivity index (χ3v) is 8.97. The highest BCUT2D eigenvalue weighted by molar-refractivity contribution is 7.94. The molecule has 0 fully saturated rings. The van der Waals surface area contributed by atoms with Crippen molar-refractivity contribution in [2.24, 2.45) is 0 Å². The Morgan fingerprint density at radius 1 is 1.06 bits per heavy atom. The van der Waals surface area contributed by atoms with Crippen LogP contribution in [-0.2, 0) is 34.1 Å². The number of ether oxygens (including phenoxy) is 1. The zero-order valence-electron chi connectivity index (χ0n) is 18.6. The second-order valence-electron chi connectivity index (χ2n) is 9.25. The number of unbranched alkanes of at least 4 members (excludes halogenated alkanes) is 1. The Balaban J connectivity index is 1.07. The predicted octanol–water partition coefficient (Wildman–Crippen LogP) is 3.40. The number of fused-ring (bicyclic) bond motifs is 3. The summed E-state index contributed by atoms with van der Waals surface area (Å²) in [6, 6.07) is 4.54. The van der Waals surface area contributed by atoms with Gasteiger partial charge in [-0.3, -0.25) is 4.79 Å². The van der Waals surface area contributed by atoms with Crippen LogP contribution in [0.1, 0.15) is 61.6 Å². The van der Waals surface area contributed by atoms with Crippen molar-refractivity contribution in [3.63, 3.8) is 0 Å². The van der Waals surface area contributed by atoms with E-state index in [1.165, 1.54) is 36.0 Å². The molecule has 0 saturated carbocycles. The van der Waals surface area contributed by atoms with Crippen molar-refractivity contribution in [1.29, 1.82) is 0 Å². The summed E-state index contributed by atoms with van der Waals surface area (Å²) in [4.78, 5) is 12.7. The number of aryl methyl sites for hydroxylation is 2. The fourth-order valence-corrected chi connectivity index (χ4v) is 7.04. The predicted molar refractivity (Wildman–Crippen MR) is 124 cm³/mol. The highest BCUT2D eigenvalue weighted by Gasteiger charge is 2.42. The number of nitrogens with zero attached hydrogens (tertiary/aromatic N) is 1. The van der Waals surface area contributed by atoms with E-state index in [1.807, 2.05) is 6.08 Å². The Kier molecular flexibility index (Phi) is 6.12. The smallest absolute Gasteiger partial charge is 0.267 e. The van der Waals surface area contributed by atoms with Crippen molar-refractivity contribution >= 4 is 15.9 Å². The SMILES string of the molecule is O=C1C2=C(C=CCC2)S(=O)(=O)N1CCCCNCC1CCc2ccc3c(c2O1)CCCC3. The van der Waals surface area contributed by atoms with E-state index in [4.69, 9.17) is 4.74 Å². The lowest BCUT2D eigenvalue weighted by molar-refractivity contribution is -0.122. The van der Waals surface area contributed by atoms with E-state index in [2.05, 4.69) is 17.4 Å². The van der Waals surface area contributed by atoms with Crippen LogP contribution in [-0.4, -0.2) is 44.4 Å². The molecule has 1 aromatic carbocycles. The summed E-state index contributed by atoms with van der Waals surface area (Å²) in [7, 11) is -3.65. The van der Waals surface area contributed by atoms with Crippen LogP contribution in [0.5, 0.6) is 5.75 Å². The number of nitrogens with one attached hydrogen (secondary N) is 1. The van der Waals surface area contributed by atoms with E-state index >= 15 is 0 Å². The number of carbonyl (C=O) groups excluding carboxylic acids is 1. The van der Waals surface area contributed by atoms with Crippen LogP contribution in [0.3, 0.4) is 0 Å². The van der Waals surface area contributed by atoms with Gasteiger partial charge in [-0.25, -0.2) is 12.7 Å². The van der Waals surface area contributed by atoms with Gasteiger partial charge in [-0.15, -0.1) is 0 Å². The lowest BCUT2D eigenvalue weighted by Gasteiger charge is -2.30. The first-order valence-electron chi connectivity index (χ1n) is 12.0. The Hall–Kier alpha value is -2.12. The summed E-state index contributed by atoms with van der Waals surface area (Å²) in [5.41, 5.74) is 4.70. The summed E-state index contributed by atoms with van der Waals surface area (Å²) < 4.78 is 32.7. The lowest BCUT2D eigenvalue weighted by atomic mass is 9.87. The Morgan fingerprint density at radius 2 is 1.91 bits per heavy atom. The Morgan fingerprint density at radius 3 is 2.78 bits per heavy atom. The zero-order valence-corrected chi connectivity index (χ0v) is 19.4. The first-order valence-corrected chi connectivity index (χ1v) is 13.5. The molecule has 5 rings (SSSR count). The van der Waals surface area contributed by atoms with Gasteiger partial charge in [-0.1, -0.05) is 18.2 Å². The van der Waals surface area contributed by atoms with Gasteiger partial charge in [0.15, 0.2) is 0 Å². The van der Waals surface area contributed by atoms with Gasteiger partial charge in [0, 0.05) is 18.7 Å². The fraction of sp³-hybridized carbons (Fsp3) is 0.560. The fourth-order valence-electron chi connectivity index (χ4n) is 5.34. The molecule has 0 bridgehead atoms. The molecule has 1 aromatic rings. The van der Waals surface area contributed by atoms with Crippen LogP contribution < -0.4 is 10.1 Å². The van der Waals surface area contributed by atoms with Crippen molar-refractivity contribution in [3.05, 3.63) is 51.5 Å². The van der Waals surface area contributed by atoms with Crippen LogP contribution in [0.2, 0.25) is 0 Å².